The summed E-state index contributed by atoms with van der Waals surface area (Å²) in [6, 6.07) is 9.34. The van der Waals surface area contributed by atoms with E-state index in [1.807, 2.05) is 4.83 Å². The normalized spacial score (nSPS) is 11.1. The van der Waals surface area contributed by atoms with E-state index >= 15 is 0 Å². The van der Waals surface area contributed by atoms with Crippen molar-refractivity contribution in [2.75, 3.05) is 7.11 Å². The van der Waals surface area contributed by atoms with Gasteiger partial charge in [-0.1, -0.05) is 0 Å². The highest BCUT2D eigenvalue weighted by Gasteiger charge is 2.17. The molecule has 2 N–H and O–H groups in total. The van der Waals surface area contributed by atoms with Crippen LogP contribution in [0.25, 0.3) is 0 Å². The largest absolute Gasteiger partial charge is 0.497 e. The lowest BCUT2D eigenvalue weighted by molar-refractivity contribution is 0.0945. The van der Waals surface area contributed by atoms with Crippen molar-refractivity contribution in [1.82, 2.24) is 10.3 Å². The second-order valence-electron chi connectivity index (χ2n) is 3.85. The molecule has 9 heteroatoms. The van der Waals surface area contributed by atoms with Gasteiger partial charge in [-0.3, -0.25) is 10.2 Å². The lowest BCUT2D eigenvalue weighted by atomic mass is 10.2. The highest BCUT2D eigenvalue weighted by atomic mass is 79.9. The fraction of sp³-hybridized carbons (Fsp3) is 0.0833. The molecule has 0 saturated carbocycles. The third kappa shape index (κ3) is 4.03. The summed E-state index contributed by atoms with van der Waals surface area (Å²) in [5, 5.41) is 0. The number of sulfonamides is 1. The Balaban J connectivity index is 2.03. The molecule has 0 aliphatic heterocycles. The Morgan fingerprint density at radius 1 is 1.19 bits per heavy atom. The van der Waals surface area contributed by atoms with Gasteiger partial charge in [-0.05, 0) is 52.3 Å². The van der Waals surface area contributed by atoms with Crippen LogP contribution in [0.5, 0.6) is 5.75 Å². The molecule has 0 aliphatic carbocycles. The minimum absolute atomic E-state index is 0.101. The smallest absolute Gasteiger partial charge is 0.266 e. The summed E-state index contributed by atoms with van der Waals surface area (Å²) in [6.07, 6.45) is 0. The van der Waals surface area contributed by atoms with E-state index in [9.17, 15) is 13.2 Å². The summed E-state index contributed by atoms with van der Waals surface area (Å²) in [6.45, 7) is 0. The molecule has 0 aliphatic rings. The van der Waals surface area contributed by atoms with Crippen LogP contribution in [0.2, 0.25) is 0 Å². The van der Waals surface area contributed by atoms with Gasteiger partial charge in [0.05, 0.1) is 10.9 Å². The molecular formula is C12H11BrN2O4S2. The highest BCUT2D eigenvalue weighted by molar-refractivity contribution is 9.11. The summed E-state index contributed by atoms with van der Waals surface area (Å²) in [4.78, 5) is 13.9. The molecule has 1 aromatic carbocycles. The number of benzene rings is 1. The van der Waals surface area contributed by atoms with Gasteiger partial charge in [-0.25, -0.2) is 8.42 Å². The predicted octanol–water partition coefficient (Wildman–Crippen LogP) is 2.14. The summed E-state index contributed by atoms with van der Waals surface area (Å²) in [5.41, 5.74) is 2.47. The molecule has 0 radical (unpaired) electrons. The van der Waals surface area contributed by atoms with E-state index in [1.54, 1.807) is 18.2 Å². The van der Waals surface area contributed by atoms with Gasteiger partial charge in [0.2, 0.25) is 0 Å². The highest BCUT2D eigenvalue weighted by Crippen LogP contribution is 2.25. The number of carbonyl (C=O) groups excluding carboxylic acids is 1. The van der Waals surface area contributed by atoms with E-state index < -0.39 is 15.9 Å². The molecule has 1 heterocycles. The third-order valence-electron chi connectivity index (χ3n) is 2.46. The molecule has 6 nitrogen and oxygen atoms in total. The second kappa shape index (κ2) is 6.56. The summed E-state index contributed by atoms with van der Waals surface area (Å²) in [7, 11) is -2.26. The van der Waals surface area contributed by atoms with E-state index in [0.717, 1.165) is 11.3 Å². The van der Waals surface area contributed by atoms with Crippen molar-refractivity contribution in [1.29, 1.82) is 0 Å². The minimum atomic E-state index is -3.77. The maximum atomic E-state index is 11.9. The van der Waals surface area contributed by atoms with Crippen LogP contribution in [0.1, 0.15) is 10.4 Å². The molecule has 1 aromatic heterocycles. The van der Waals surface area contributed by atoms with E-state index in [0.29, 0.717) is 15.1 Å². The number of halogens is 1. The van der Waals surface area contributed by atoms with Crippen LogP contribution < -0.4 is 15.0 Å². The maximum Gasteiger partial charge on any atom is 0.266 e. The van der Waals surface area contributed by atoms with Gasteiger partial charge < -0.3 is 4.74 Å². The van der Waals surface area contributed by atoms with Crippen LogP contribution in [0.15, 0.2) is 44.4 Å². The third-order valence-corrected chi connectivity index (χ3v) is 5.83. The van der Waals surface area contributed by atoms with Crippen LogP contribution in [0.4, 0.5) is 0 Å². The number of hydrogen-bond donors (Lipinski definition) is 2. The molecule has 0 saturated heterocycles. The number of hydrogen-bond acceptors (Lipinski definition) is 5. The standard InChI is InChI=1S/C12H11BrN2O4S2/c1-19-9-4-2-8(3-5-9)12(16)14-15-21(17,18)11-7-6-10(13)20-11/h2-7,15H,1H3,(H,14,16). The Hall–Kier alpha value is -1.42. The Morgan fingerprint density at radius 3 is 2.38 bits per heavy atom. The molecule has 0 fully saturated rings. The van der Waals surface area contributed by atoms with Crippen LogP contribution in [0, 0.1) is 0 Å². The molecule has 0 unspecified atom stereocenters. The van der Waals surface area contributed by atoms with Crippen molar-refractivity contribution in [2.24, 2.45) is 0 Å². The lowest BCUT2D eigenvalue weighted by Crippen LogP contribution is -2.41. The van der Waals surface area contributed by atoms with Gasteiger partial charge in [0.15, 0.2) is 0 Å². The monoisotopic (exact) mass is 390 g/mol. The van der Waals surface area contributed by atoms with Gasteiger partial charge in [0.1, 0.15) is 9.96 Å². The first-order valence-corrected chi connectivity index (χ1v) is 8.73. The molecule has 2 rings (SSSR count). The SMILES string of the molecule is COc1ccc(C(=O)NNS(=O)(=O)c2ccc(Br)s2)cc1. The fourth-order valence-corrected chi connectivity index (χ4v) is 4.27. The first-order chi connectivity index (χ1) is 9.92. The Kier molecular flexibility index (Phi) is 4.99. The molecule has 0 spiro atoms. The maximum absolute atomic E-state index is 11.9. The van der Waals surface area contributed by atoms with Crippen molar-refractivity contribution in [3.05, 3.63) is 45.7 Å². The quantitative estimate of drug-likeness (QED) is 0.765. The first kappa shape index (κ1) is 16.0. The molecule has 112 valence electrons. The van der Waals surface area contributed by atoms with Gasteiger partial charge in [-0.2, -0.15) is 0 Å². The van der Waals surface area contributed by atoms with Gasteiger partial charge in [-0.15, -0.1) is 16.2 Å². The minimum Gasteiger partial charge on any atom is -0.497 e. The zero-order valence-corrected chi connectivity index (χ0v) is 14.0. The van der Waals surface area contributed by atoms with Gasteiger partial charge in [0, 0.05) is 5.56 Å². The number of rotatable bonds is 5. The summed E-state index contributed by atoms with van der Waals surface area (Å²) >= 11 is 4.23. The number of methoxy groups -OCH3 is 1. The Morgan fingerprint density at radius 2 is 1.86 bits per heavy atom. The van der Waals surface area contributed by atoms with E-state index in [2.05, 4.69) is 21.4 Å². The molecule has 21 heavy (non-hydrogen) atoms. The van der Waals surface area contributed by atoms with E-state index in [1.165, 1.54) is 25.3 Å². The number of hydrazine groups is 1. The molecule has 1 amide bonds. The van der Waals surface area contributed by atoms with Gasteiger partial charge >= 0.3 is 0 Å². The Labute approximate surface area is 134 Å². The molecule has 0 bridgehead atoms. The topological polar surface area (TPSA) is 84.5 Å². The van der Waals surface area contributed by atoms with Crippen molar-refractivity contribution < 1.29 is 17.9 Å². The fourth-order valence-electron chi connectivity index (χ4n) is 1.42. The molecule has 2 aromatic rings. The van der Waals surface area contributed by atoms with Crippen LogP contribution >= 0.6 is 27.3 Å². The van der Waals surface area contributed by atoms with E-state index in [4.69, 9.17) is 4.74 Å². The number of amides is 1. The molecule has 0 atom stereocenters. The Bertz CT molecular complexity index is 741. The number of nitrogens with one attached hydrogen (secondary N) is 2. The average molecular weight is 391 g/mol. The molecular weight excluding hydrogens is 380 g/mol. The van der Waals surface area contributed by atoms with Crippen molar-refractivity contribution in [2.45, 2.75) is 4.21 Å². The lowest BCUT2D eigenvalue weighted by Gasteiger charge is -2.07. The van der Waals surface area contributed by atoms with Crippen molar-refractivity contribution >= 4 is 43.2 Å². The average Bonchev–Trinajstić information content (AvgIpc) is 2.92. The van der Waals surface area contributed by atoms with Crippen LogP contribution in [0.3, 0.4) is 0 Å². The van der Waals surface area contributed by atoms with E-state index in [-0.39, 0.29) is 4.21 Å². The summed E-state index contributed by atoms with van der Waals surface area (Å²) < 4.78 is 29.6. The van der Waals surface area contributed by atoms with Crippen molar-refractivity contribution in [3.8, 4) is 5.75 Å². The second-order valence-corrected chi connectivity index (χ2v) is 8.22. The predicted molar refractivity (Wildman–Crippen MR) is 82.8 cm³/mol. The number of thiophene rings is 1. The first-order valence-electron chi connectivity index (χ1n) is 5.64. The number of carbonyl (C=O) groups is 1. The van der Waals surface area contributed by atoms with Crippen molar-refractivity contribution in [3.63, 3.8) is 0 Å². The zero-order chi connectivity index (χ0) is 15.5. The van der Waals surface area contributed by atoms with Crippen LogP contribution in [-0.4, -0.2) is 21.4 Å². The van der Waals surface area contributed by atoms with Gasteiger partial charge in [0.25, 0.3) is 15.9 Å². The van der Waals surface area contributed by atoms with Crippen LogP contribution in [-0.2, 0) is 10.0 Å². The summed E-state index contributed by atoms with van der Waals surface area (Å²) in [5.74, 6) is 0.0485. The zero-order valence-electron chi connectivity index (χ0n) is 10.8. The number of ether oxygens (including phenoxy) is 1.